The minimum Gasteiger partial charge on any atom is -0.594 e. The molecular weight excluding hydrogens is 236 g/mol. The number of hydrogen-bond acceptors (Lipinski definition) is 3. The van der Waals surface area contributed by atoms with Gasteiger partial charge in [0, 0.05) is 24.8 Å². The molecule has 15 heavy (non-hydrogen) atoms. The molecule has 1 unspecified atom stereocenters. The summed E-state index contributed by atoms with van der Waals surface area (Å²) in [6.45, 7) is 0. The smallest absolute Gasteiger partial charge is 0.259 e. The van der Waals surface area contributed by atoms with Crippen molar-refractivity contribution >= 4 is 31.8 Å². The summed E-state index contributed by atoms with van der Waals surface area (Å²) in [7, 11) is 5.49. The lowest BCUT2D eigenvalue weighted by Crippen LogP contribution is -2.16. The van der Waals surface area contributed by atoms with E-state index in [1.54, 1.807) is 19.3 Å². The lowest BCUT2D eigenvalue weighted by atomic mass is 10.2. The minimum atomic E-state index is -1.66. The molecule has 0 bridgehead atoms. The summed E-state index contributed by atoms with van der Waals surface area (Å²) in [5.41, 5.74) is -0.177. The van der Waals surface area contributed by atoms with Gasteiger partial charge < -0.3 is 9.12 Å². The van der Waals surface area contributed by atoms with Crippen molar-refractivity contribution in [3.8, 4) is 0 Å². The second-order valence-corrected chi connectivity index (χ2v) is 4.78. The van der Waals surface area contributed by atoms with Crippen LogP contribution in [0, 0.1) is 0 Å². The van der Waals surface area contributed by atoms with Crippen molar-refractivity contribution in [3.05, 3.63) is 35.0 Å². The van der Waals surface area contributed by atoms with Gasteiger partial charge in [-0.3, -0.25) is 9.78 Å². The summed E-state index contributed by atoms with van der Waals surface area (Å²) in [6.07, 6.45) is 4.47. The molecule has 0 aliphatic carbocycles. The number of pyridine rings is 2. The van der Waals surface area contributed by atoms with Crippen molar-refractivity contribution in [2.75, 3.05) is 0 Å². The summed E-state index contributed by atoms with van der Waals surface area (Å²) in [5, 5.41) is 1.01. The van der Waals surface area contributed by atoms with Crippen molar-refractivity contribution in [2.45, 2.75) is 4.90 Å². The predicted molar refractivity (Wildman–Crippen MR) is 59.2 cm³/mol. The van der Waals surface area contributed by atoms with Crippen LogP contribution >= 0.6 is 10.7 Å². The molecule has 0 fully saturated rings. The molecule has 0 aliphatic rings. The van der Waals surface area contributed by atoms with Gasteiger partial charge in [0.1, 0.15) is 10.4 Å². The fourth-order valence-electron chi connectivity index (χ4n) is 1.37. The molecule has 0 saturated carbocycles. The Labute approximate surface area is 93.2 Å². The number of rotatable bonds is 1. The molecule has 2 heterocycles. The lowest BCUT2D eigenvalue weighted by Gasteiger charge is -2.04. The zero-order chi connectivity index (χ0) is 11.0. The van der Waals surface area contributed by atoms with Gasteiger partial charge >= 0.3 is 0 Å². The molecule has 0 aliphatic heterocycles. The quantitative estimate of drug-likeness (QED) is 0.706. The first-order valence-corrected chi connectivity index (χ1v) is 6.10. The van der Waals surface area contributed by atoms with E-state index in [0.717, 1.165) is 0 Å². The molecule has 2 aromatic heterocycles. The van der Waals surface area contributed by atoms with Gasteiger partial charge in [-0.15, -0.1) is 0 Å². The molecule has 0 radical (unpaired) electrons. The van der Waals surface area contributed by atoms with E-state index < -0.39 is 10.4 Å². The molecular formula is C9H7ClN2O2S. The average molecular weight is 243 g/mol. The Morgan fingerprint density at radius 3 is 2.87 bits per heavy atom. The molecule has 0 amide bonds. The largest absolute Gasteiger partial charge is 0.594 e. The fraction of sp³-hybridized carbons (Fsp3) is 0.111. The molecule has 1 atom stereocenters. The van der Waals surface area contributed by atoms with Crippen LogP contribution in [0.4, 0.5) is 0 Å². The molecule has 0 N–H and O–H groups in total. The molecule has 6 heteroatoms. The van der Waals surface area contributed by atoms with E-state index in [0.29, 0.717) is 15.7 Å². The lowest BCUT2D eigenvalue weighted by molar-refractivity contribution is 0.609. The summed E-state index contributed by atoms with van der Waals surface area (Å²) >= 11 is 0. The summed E-state index contributed by atoms with van der Waals surface area (Å²) in [4.78, 5) is 15.9. The van der Waals surface area contributed by atoms with Gasteiger partial charge in [0.15, 0.2) is 15.6 Å². The molecule has 78 valence electrons. The molecule has 0 aromatic carbocycles. The minimum absolute atomic E-state index is 0.177. The highest BCUT2D eigenvalue weighted by molar-refractivity contribution is 8.13. The average Bonchev–Trinajstić information content (AvgIpc) is 2.23. The van der Waals surface area contributed by atoms with E-state index in [9.17, 15) is 9.35 Å². The van der Waals surface area contributed by atoms with Gasteiger partial charge in [-0.2, -0.15) is 0 Å². The van der Waals surface area contributed by atoms with Crippen LogP contribution < -0.4 is 5.56 Å². The van der Waals surface area contributed by atoms with Crippen LogP contribution in [0.1, 0.15) is 0 Å². The van der Waals surface area contributed by atoms with Crippen LogP contribution in [0.3, 0.4) is 0 Å². The van der Waals surface area contributed by atoms with Crippen LogP contribution in [0.25, 0.3) is 10.8 Å². The van der Waals surface area contributed by atoms with Crippen LogP contribution in [-0.4, -0.2) is 14.1 Å². The maximum Gasteiger partial charge on any atom is 0.259 e. The molecule has 2 aromatic rings. The molecule has 2 rings (SSSR count). The van der Waals surface area contributed by atoms with Crippen molar-refractivity contribution in [1.82, 2.24) is 9.55 Å². The first kappa shape index (κ1) is 10.5. The second-order valence-electron chi connectivity index (χ2n) is 3.05. The Kier molecular flexibility index (Phi) is 2.68. The third kappa shape index (κ3) is 1.73. The molecule has 0 spiro atoms. The first-order valence-electron chi connectivity index (χ1n) is 4.12. The van der Waals surface area contributed by atoms with Crippen molar-refractivity contribution in [1.29, 1.82) is 0 Å². The predicted octanol–water partition coefficient (Wildman–Crippen LogP) is 1.19. The third-order valence-corrected chi connectivity index (χ3v) is 3.31. The Hall–Kier alpha value is -1.04. The summed E-state index contributed by atoms with van der Waals surface area (Å²) in [6, 6.07) is 1.70. The van der Waals surface area contributed by atoms with E-state index in [-0.39, 0.29) is 5.56 Å². The Balaban J connectivity index is 2.90. The SMILES string of the molecule is Cn1ccc2c([S+]([O-])Cl)cncc2c1=O. The number of aromatic nitrogens is 2. The van der Waals surface area contributed by atoms with Crippen LogP contribution in [0.15, 0.2) is 34.3 Å². The summed E-state index contributed by atoms with van der Waals surface area (Å²) < 4.78 is 12.6. The highest BCUT2D eigenvalue weighted by atomic mass is 35.7. The number of nitrogens with zero attached hydrogens (tertiary/aromatic N) is 2. The highest BCUT2D eigenvalue weighted by Crippen LogP contribution is 2.22. The Bertz CT molecular complexity index is 568. The van der Waals surface area contributed by atoms with Crippen LogP contribution in [-0.2, 0) is 17.4 Å². The van der Waals surface area contributed by atoms with Crippen LogP contribution in [0.2, 0.25) is 0 Å². The first-order chi connectivity index (χ1) is 7.11. The van der Waals surface area contributed by atoms with E-state index in [1.165, 1.54) is 17.0 Å². The van der Waals surface area contributed by atoms with E-state index in [4.69, 9.17) is 10.7 Å². The van der Waals surface area contributed by atoms with Gasteiger partial charge in [0.25, 0.3) is 5.56 Å². The monoisotopic (exact) mass is 242 g/mol. The van der Waals surface area contributed by atoms with E-state index >= 15 is 0 Å². The standard InChI is InChI=1S/C9H7ClN2O2S/c1-12-3-2-6-7(9(12)13)4-11-5-8(6)15(10)14/h2-5H,1H3. The number of aryl methyl sites for hydroxylation is 1. The van der Waals surface area contributed by atoms with Crippen molar-refractivity contribution in [2.24, 2.45) is 7.05 Å². The summed E-state index contributed by atoms with van der Waals surface area (Å²) in [5.74, 6) is 0. The maximum atomic E-state index is 11.7. The van der Waals surface area contributed by atoms with Gasteiger partial charge in [0.2, 0.25) is 0 Å². The van der Waals surface area contributed by atoms with E-state index in [2.05, 4.69) is 4.98 Å². The van der Waals surface area contributed by atoms with Crippen LogP contribution in [0.5, 0.6) is 0 Å². The Morgan fingerprint density at radius 2 is 2.20 bits per heavy atom. The van der Waals surface area contributed by atoms with Gasteiger partial charge in [-0.1, -0.05) is 0 Å². The number of fused-ring (bicyclic) bond motifs is 1. The van der Waals surface area contributed by atoms with Crippen molar-refractivity contribution in [3.63, 3.8) is 0 Å². The highest BCUT2D eigenvalue weighted by Gasteiger charge is 2.15. The van der Waals surface area contributed by atoms with Crippen molar-refractivity contribution < 1.29 is 4.55 Å². The third-order valence-electron chi connectivity index (χ3n) is 2.14. The van der Waals surface area contributed by atoms with Gasteiger partial charge in [-0.25, -0.2) is 0 Å². The normalized spacial score (nSPS) is 13.0. The number of halogens is 1. The zero-order valence-corrected chi connectivity index (χ0v) is 9.38. The van der Waals surface area contributed by atoms with Gasteiger partial charge in [0.05, 0.1) is 11.6 Å². The second kappa shape index (κ2) is 3.84. The van der Waals surface area contributed by atoms with E-state index in [1.807, 2.05) is 0 Å². The molecule has 0 saturated heterocycles. The van der Waals surface area contributed by atoms with Gasteiger partial charge in [-0.05, 0) is 6.07 Å². The zero-order valence-electron chi connectivity index (χ0n) is 7.81. The topological polar surface area (TPSA) is 57.9 Å². The molecule has 4 nitrogen and oxygen atoms in total. The fourth-order valence-corrected chi connectivity index (χ4v) is 2.23. The number of hydrogen-bond donors (Lipinski definition) is 0. The Morgan fingerprint density at radius 1 is 1.47 bits per heavy atom. The maximum absolute atomic E-state index is 11.7.